The summed E-state index contributed by atoms with van der Waals surface area (Å²) >= 11 is 0. The van der Waals surface area contributed by atoms with Crippen LogP contribution in [0.2, 0.25) is 0 Å². The summed E-state index contributed by atoms with van der Waals surface area (Å²) in [5.41, 5.74) is 5.66. The van der Waals surface area contributed by atoms with Crippen molar-refractivity contribution in [2.24, 2.45) is 0 Å². The Labute approximate surface area is 138 Å². The normalized spacial score (nSPS) is 11.2. The first-order valence-electron chi connectivity index (χ1n) is 8.11. The van der Waals surface area contributed by atoms with Crippen LogP contribution in [0.5, 0.6) is 0 Å². The Balaban J connectivity index is 0.000000924. The molecule has 0 saturated carbocycles. The van der Waals surface area contributed by atoms with E-state index in [1.807, 2.05) is 30.8 Å². The lowest BCUT2D eigenvalue weighted by atomic mass is 9.95. The second kappa shape index (κ2) is 6.97. The summed E-state index contributed by atoms with van der Waals surface area (Å²) in [4.78, 5) is 0. The zero-order chi connectivity index (χ0) is 17.0. The number of pyridine rings is 1. The van der Waals surface area contributed by atoms with E-state index in [9.17, 15) is 0 Å². The van der Waals surface area contributed by atoms with Gasteiger partial charge in [-0.2, -0.15) is 5.10 Å². The van der Waals surface area contributed by atoms with E-state index in [0.717, 1.165) is 5.52 Å². The van der Waals surface area contributed by atoms with E-state index in [2.05, 4.69) is 62.3 Å². The third-order valence-electron chi connectivity index (χ3n) is 4.14. The third-order valence-corrected chi connectivity index (χ3v) is 4.14. The van der Waals surface area contributed by atoms with Crippen LogP contribution in [0, 0.1) is 6.92 Å². The molecule has 3 rings (SSSR count). The molecule has 3 nitrogen and oxygen atoms in total. The zero-order valence-corrected chi connectivity index (χ0v) is 14.9. The number of hydrogen-bond donors (Lipinski definition) is 0. The molecule has 2 aromatic heterocycles. The Morgan fingerprint density at radius 1 is 1.00 bits per heavy atom. The number of aryl methyl sites for hydroxylation is 1. The van der Waals surface area contributed by atoms with Gasteiger partial charge in [0, 0.05) is 13.3 Å². The second-order valence-electron chi connectivity index (χ2n) is 5.86. The summed E-state index contributed by atoms with van der Waals surface area (Å²) in [5, 5.41) is 4.31. The summed E-state index contributed by atoms with van der Waals surface area (Å²) in [5.74, 6) is 0. The van der Waals surface area contributed by atoms with E-state index in [-0.39, 0.29) is 5.60 Å². The van der Waals surface area contributed by atoms with Gasteiger partial charge in [0.15, 0.2) is 0 Å². The number of aromatic nitrogens is 2. The molecular weight excluding hydrogens is 284 g/mol. The minimum atomic E-state index is -0.259. The van der Waals surface area contributed by atoms with Gasteiger partial charge in [-0.05, 0) is 55.2 Å². The molecule has 0 unspecified atom stereocenters. The van der Waals surface area contributed by atoms with E-state index >= 15 is 0 Å². The number of methoxy groups -OCH3 is 1. The van der Waals surface area contributed by atoms with Gasteiger partial charge >= 0.3 is 0 Å². The van der Waals surface area contributed by atoms with Crippen LogP contribution in [0.1, 0.15) is 38.8 Å². The average Bonchev–Trinajstić information content (AvgIpc) is 2.97. The van der Waals surface area contributed by atoms with Crippen LogP contribution in [0.25, 0.3) is 16.6 Å². The van der Waals surface area contributed by atoms with E-state index in [0.29, 0.717) is 0 Å². The largest absolute Gasteiger partial charge is 0.374 e. The van der Waals surface area contributed by atoms with Gasteiger partial charge in [-0.15, -0.1) is 0 Å². The molecule has 122 valence electrons. The lowest BCUT2D eigenvalue weighted by molar-refractivity contribution is 0.0192. The Kier molecular flexibility index (Phi) is 5.22. The molecule has 0 aliphatic rings. The molecule has 0 bridgehead atoms. The zero-order valence-electron chi connectivity index (χ0n) is 14.9. The number of rotatable bonds is 3. The first kappa shape index (κ1) is 17.2. The van der Waals surface area contributed by atoms with E-state index in [4.69, 9.17) is 4.74 Å². The molecular formula is C20H26N2O. The first-order chi connectivity index (χ1) is 11.0. The van der Waals surface area contributed by atoms with Crippen molar-refractivity contribution < 1.29 is 4.74 Å². The highest BCUT2D eigenvalue weighted by Gasteiger charge is 2.18. The molecule has 0 aliphatic heterocycles. The van der Waals surface area contributed by atoms with Crippen LogP contribution >= 0.6 is 0 Å². The van der Waals surface area contributed by atoms with Crippen molar-refractivity contribution in [2.45, 2.75) is 40.2 Å². The average molecular weight is 310 g/mol. The van der Waals surface area contributed by atoms with Crippen LogP contribution in [0.4, 0.5) is 0 Å². The lowest BCUT2D eigenvalue weighted by Gasteiger charge is -2.23. The van der Waals surface area contributed by atoms with Crippen LogP contribution in [0.15, 0.2) is 48.8 Å². The summed E-state index contributed by atoms with van der Waals surface area (Å²) < 4.78 is 7.42. The van der Waals surface area contributed by atoms with Crippen LogP contribution in [-0.2, 0) is 10.3 Å². The van der Waals surface area contributed by atoms with Crippen molar-refractivity contribution >= 4 is 5.52 Å². The fraction of sp³-hybridized carbons (Fsp3) is 0.350. The summed E-state index contributed by atoms with van der Waals surface area (Å²) in [6.45, 7) is 10.2. The molecule has 0 aliphatic carbocycles. The molecule has 3 heteroatoms. The predicted molar refractivity (Wildman–Crippen MR) is 96.7 cm³/mol. The number of ether oxygens (including phenoxy) is 1. The highest BCUT2D eigenvalue weighted by atomic mass is 16.5. The van der Waals surface area contributed by atoms with Crippen molar-refractivity contribution in [3.05, 3.63) is 59.9 Å². The first-order valence-corrected chi connectivity index (χ1v) is 8.11. The predicted octanol–water partition coefficient (Wildman–Crippen LogP) is 5.22. The van der Waals surface area contributed by atoms with Crippen molar-refractivity contribution in [3.63, 3.8) is 0 Å². The quantitative estimate of drug-likeness (QED) is 0.663. The fourth-order valence-electron chi connectivity index (χ4n) is 2.46. The van der Waals surface area contributed by atoms with Gasteiger partial charge in [-0.1, -0.05) is 38.1 Å². The maximum atomic E-state index is 5.52. The number of hydrogen-bond acceptors (Lipinski definition) is 2. The molecule has 0 atom stereocenters. The van der Waals surface area contributed by atoms with Crippen molar-refractivity contribution in [2.75, 3.05) is 7.11 Å². The molecule has 0 saturated heterocycles. The van der Waals surface area contributed by atoms with E-state index in [1.54, 1.807) is 7.11 Å². The van der Waals surface area contributed by atoms with Crippen molar-refractivity contribution in [1.82, 2.24) is 9.61 Å². The number of benzene rings is 1. The lowest BCUT2D eigenvalue weighted by Crippen LogP contribution is -2.19. The molecule has 0 radical (unpaired) electrons. The minimum Gasteiger partial charge on any atom is -0.374 e. The monoisotopic (exact) mass is 310 g/mol. The fourth-order valence-corrected chi connectivity index (χ4v) is 2.46. The maximum Gasteiger partial charge on any atom is 0.0871 e. The molecule has 0 spiro atoms. The molecule has 3 aromatic rings. The topological polar surface area (TPSA) is 26.5 Å². The van der Waals surface area contributed by atoms with Crippen LogP contribution in [-0.4, -0.2) is 16.7 Å². The highest BCUT2D eigenvalue weighted by Crippen LogP contribution is 2.27. The molecule has 0 amide bonds. The third kappa shape index (κ3) is 3.45. The van der Waals surface area contributed by atoms with Crippen molar-refractivity contribution in [3.8, 4) is 11.1 Å². The molecule has 1 aromatic carbocycles. The molecule has 2 heterocycles. The highest BCUT2D eigenvalue weighted by molar-refractivity contribution is 5.70. The van der Waals surface area contributed by atoms with Gasteiger partial charge in [-0.25, -0.2) is 4.52 Å². The molecule has 0 N–H and O–H groups in total. The van der Waals surface area contributed by atoms with Gasteiger partial charge in [0.05, 0.1) is 17.3 Å². The van der Waals surface area contributed by atoms with Gasteiger partial charge < -0.3 is 4.74 Å². The Hall–Kier alpha value is -2.13. The van der Waals surface area contributed by atoms with Gasteiger partial charge in [0.25, 0.3) is 0 Å². The number of nitrogens with zero attached hydrogens (tertiary/aromatic N) is 2. The maximum absolute atomic E-state index is 5.52. The summed E-state index contributed by atoms with van der Waals surface area (Å²) in [6, 6.07) is 12.8. The van der Waals surface area contributed by atoms with Gasteiger partial charge in [0.1, 0.15) is 0 Å². The number of fused-ring (bicyclic) bond motifs is 1. The van der Waals surface area contributed by atoms with E-state index < -0.39 is 0 Å². The molecule has 0 fully saturated rings. The second-order valence-corrected chi connectivity index (χ2v) is 5.86. The van der Waals surface area contributed by atoms with E-state index in [1.165, 1.54) is 22.3 Å². The van der Waals surface area contributed by atoms with Crippen molar-refractivity contribution in [1.29, 1.82) is 0 Å². The smallest absolute Gasteiger partial charge is 0.0871 e. The Morgan fingerprint density at radius 3 is 2.26 bits per heavy atom. The Morgan fingerprint density at radius 2 is 1.65 bits per heavy atom. The summed E-state index contributed by atoms with van der Waals surface area (Å²) in [6.07, 6.45) is 3.90. The van der Waals surface area contributed by atoms with Crippen LogP contribution in [0.3, 0.4) is 0 Å². The van der Waals surface area contributed by atoms with Crippen LogP contribution < -0.4 is 0 Å². The Bertz CT molecular complexity index is 770. The summed E-state index contributed by atoms with van der Waals surface area (Å²) in [7, 11) is 1.74. The van der Waals surface area contributed by atoms with Gasteiger partial charge in [-0.3, -0.25) is 0 Å². The minimum absolute atomic E-state index is 0.259. The van der Waals surface area contributed by atoms with Gasteiger partial charge in [0.2, 0.25) is 0 Å². The SMILES string of the molecule is CC.COC(C)(C)c1ccc(-c2ccn3ncc(C)c3c2)cc1. The molecule has 23 heavy (non-hydrogen) atoms. The standard InChI is InChI=1S/C18H20N2O.C2H6/c1-13-12-19-20-10-9-15(11-17(13)20)14-5-7-16(8-6-14)18(2,3)21-4;1-2/h5-12H,1-4H3;1-2H3.